The lowest BCUT2D eigenvalue weighted by Gasteiger charge is -2.01. The monoisotopic (exact) mass is 274 g/mol. The van der Waals surface area contributed by atoms with Crippen LogP contribution in [0.3, 0.4) is 0 Å². The van der Waals surface area contributed by atoms with Crippen molar-refractivity contribution in [2.45, 2.75) is 9.92 Å². The lowest BCUT2D eigenvalue weighted by atomic mass is 10.3. The number of carbonyl (C=O) groups is 1. The first-order valence-electron chi connectivity index (χ1n) is 5.15. The van der Waals surface area contributed by atoms with Gasteiger partial charge in [0.2, 0.25) is 0 Å². The number of rotatable bonds is 3. The molecular weight excluding hydrogens is 268 g/mol. The van der Waals surface area contributed by atoms with Gasteiger partial charge in [-0.3, -0.25) is 0 Å². The largest absolute Gasteiger partial charge is 0.477 e. The first-order valence-corrected chi connectivity index (χ1v) is 5.97. The van der Waals surface area contributed by atoms with Gasteiger partial charge in [0.05, 0.1) is 0 Å². The molecule has 94 valence electrons. The van der Waals surface area contributed by atoms with Crippen molar-refractivity contribution in [2.24, 2.45) is 0 Å². The number of tetrazole rings is 1. The number of carboxylic acids is 1. The molecule has 0 aliphatic carbocycles. The molecule has 0 saturated carbocycles. The lowest BCUT2D eigenvalue weighted by Crippen LogP contribution is -1.99. The highest BCUT2D eigenvalue weighted by molar-refractivity contribution is 7.99. The van der Waals surface area contributed by atoms with E-state index < -0.39 is 5.97 Å². The molecule has 0 unspecified atom stereocenters. The Bertz CT molecular complexity index is 758. The topological polar surface area (TPSA) is 106 Å². The van der Waals surface area contributed by atoms with Crippen LogP contribution in [0.1, 0.15) is 10.5 Å². The highest BCUT2D eigenvalue weighted by Crippen LogP contribution is 2.25. The molecule has 3 aromatic rings. The van der Waals surface area contributed by atoms with E-state index in [0.717, 1.165) is 4.90 Å². The highest BCUT2D eigenvalue weighted by Gasteiger charge is 2.07. The predicted molar refractivity (Wildman–Crippen MR) is 63.9 cm³/mol. The van der Waals surface area contributed by atoms with E-state index in [1.54, 1.807) is 18.2 Å². The van der Waals surface area contributed by atoms with Gasteiger partial charge in [0, 0.05) is 11.1 Å². The summed E-state index contributed by atoms with van der Waals surface area (Å²) in [6, 6.07) is 6.69. The second kappa shape index (κ2) is 4.61. The number of aromatic nitrogens is 6. The zero-order chi connectivity index (χ0) is 13.2. The van der Waals surface area contributed by atoms with Crippen molar-refractivity contribution in [2.75, 3.05) is 0 Å². The summed E-state index contributed by atoms with van der Waals surface area (Å²) in [6.45, 7) is 0. The molecule has 1 N–H and O–H groups in total. The number of fused-ring (bicyclic) bond motifs is 1. The average molecular weight is 274 g/mol. The van der Waals surface area contributed by atoms with Crippen molar-refractivity contribution >= 4 is 23.4 Å². The van der Waals surface area contributed by atoms with Crippen LogP contribution in [0.5, 0.6) is 0 Å². The fourth-order valence-corrected chi connectivity index (χ4v) is 2.20. The smallest absolute Gasteiger partial charge is 0.354 e. The quantitative estimate of drug-likeness (QED) is 0.746. The number of hydrogen-bond donors (Lipinski definition) is 1. The van der Waals surface area contributed by atoms with Crippen LogP contribution in [0.15, 0.2) is 40.4 Å². The molecule has 0 aliphatic rings. The predicted octanol–water partition coefficient (Wildman–Crippen LogP) is 0.764. The average Bonchev–Trinajstić information content (AvgIpc) is 2.86. The lowest BCUT2D eigenvalue weighted by molar-refractivity contribution is 0.0690. The molecule has 0 bridgehead atoms. The Balaban J connectivity index is 1.91. The summed E-state index contributed by atoms with van der Waals surface area (Å²) in [7, 11) is 0. The van der Waals surface area contributed by atoms with Gasteiger partial charge in [0.1, 0.15) is 10.7 Å². The van der Waals surface area contributed by atoms with Gasteiger partial charge in [-0.15, -0.1) is 14.8 Å². The molecule has 3 aromatic heterocycles. The van der Waals surface area contributed by atoms with E-state index in [1.165, 1.54) is 28.7 Å². The van der Waals surface area contributed by atoms with E-state index >= 15 is 0 Å². The number of aromatic carboxylic acids is 1. The molecule has 0 aromatic carbocycles. The van der Waals surface area contributed by atoms with Gasteiger partial charge in [-0.25, -0.2) is 9.78 Å². The summed E-state index contributed by atoms with van der Waals surface area (Å²) in [4.78, 5) is 15.3. The Morgan fingerprint density at radius 1 is 1.32 bits per heavy atom. The Morgan fingerprint density at radius 3 is 3.05 bits per heavy atom. The number of hydrogen-bond acceptors (Lipinski definition) is 7. The van der Waals surface area contributed by atoms with Crippen LogP contribution in [-0.4, -0.2) is 41.3 Å². The fraction of sp³-hybridized carbons (Fsp3) is 0. The minimum Gasteiger partial charge on any atom is -0.477 e. The van der Waals surface area contributed by atoms with Crippen molar-refractivity contribution in [3.63, 3.8) is 0 Å². The molecule has 0 atom stereocenters. The van der Waals surface area contributed by atoms with Gasteiger partial charge < -0.3 is 5.11 Å². The van der Waals surface area contributed by atoms with Gasteiger partial charge in [-0.2, -0.15) is 0 Å². The Hall–Kier alpha value is -2.55. The van der Waals surface area contributed by atoms with Gasteiger partial charge >= 0.3 is 5.97 Å². The second-order valence-electron chi connectivity index (χ2n) is 3.48. The summed E-state index contributed by atoms with van der Waals surface area (Å²) in [5.74, 6) is -1.06. The van der Waals surface area contributed by atoms with Crippen LogP contribution in [-0.2, 0) is 0 Å². The SMILES string of the molecule is O=C(O)c1cc(Sc2ccc3nnnn3n2)ccn1. The molecule has 0 saturated heterocycles. The zero-order valence-corrected chi connectivity index (χ0v) is 10.2. The fourth-order valence-electron chi connectivity index (χ4n) is 1.40. The third kappa shape index (κ3) is 2.36. The van der Waals surface area contributed by atoms with Crippen molar-refractivity contribution in [1.29, 1.82) is 0 Å². The van der Waals surface area contributed by atoms with Gasteiger partial charge in [-0.05, 0) is 34.7 Å². The first kappa shape index (κ1) is 11.5. The van der Waals surface area contributed by atoms with Crippen LogP contribution in [0.4, 0.5) is 0 Å². The van der Waals surface area contributed by atoms with Gasteiger partial charge in [0.25, 0.3) is 0 Å². The van der Waals surface area contributed by atoms with E-state index in [4.69, 9.17) is 5.11 Å². The van der Waals surface area contributed by atoms with E-state index in [1.807, 2.05) is 0 Å². The molecule has 0 spiro atoms. The molecule has 9 heteroatoms. The van der Waals surface area contributed by atoms with Gasteiger partial charge in [-0.1, -0.05) is 11.8 Å². The van der Waals surface area contributed by atoms with Crippen molar-refractivity contribution in [3.8, 4) is 0 Å². The van der Waals surface area contributed by atoms with Crippen molar-refractivity contribution in [1.82, 2.24) is 30.2 Å². The van der Waals surface area contributed by atoms with Gasteiger partial charge in [0.15, 0.2) is 5.65 Å². The molecular formula is C10H6N6O2S. The maximum Gasteiger partial charge on any atom is 0.354 e. The maximum atomic E-state index is 10.8. The molecule has 0 radical (unpaired) electrons. The third-order valence-corrected chi connectivity index (χ3v) is 3.13. The van der Waals surface area contributed by atoms with Crippen LogP contribution >= 0.6 is 11.8 Å². The van der Waals surface area contributed by atoms with Crippen LogP contribution in [0.2, 0.25) is 0 Å². The Morgan fingerprint density at radius 2 is 2.21 bits per heavy atom. The first-order chi connectivity index (χ1) is 9.22. The number of pyridine rings is 1. The Kier molecular flexibility index (Phi) is 2.80. The molecule has 0 aliphatic heterocycles. The second-order valence-corrected chi connectivity index (χ2v) is 4.58. The maximum absolute atomic E-state index is 10.8. The standard InChI is InChI=1S/C10H6N6O2S/c17-10(18)7-5-6(3-4-11-7)19-9-2-1-8-12-14-15-16(8)13-9/h1-5H,(H,17,18). The summed E-state index contributed by atoms with van der Waals surface area (Å²) in [6.07, 6.45) is 1.45. The van der Waals surface area contributed by atoms with E-state index in [-0.39, 0.29) is 5.69 Å². The molecule has 0 fully saturated rings. The molecule has 3 heterocycles. The number of nitrogens with zero attached hydrogens (tertiary/aromatic N) is 6. The van der Waals surface area contributed by atoms with Crippen molar-refractivity contribution < 1.29 is 9.90 Å². The summed E-state index contributed by atoms with van der Waals surface area (Å²) in [5.41, 5.74) is 0.541. The Labute approximate surface area is 110 Å². The van der Waals surface area contributed by atoms with Crippen LogP contribution in [0.25, 0.3) is 5.65 Å². The number of carboxylic acid groups (broad SMARTS) is 1. The molecule has 19 heavy (non-hydrogen) atoms. The van der Waals surface area contributed by atoms with Crippen LogP contribution < -0.4 is 0 Å². The zero-order valence-electron chi connectivity index (χ0n) is 9.33. The summed E-state index contributed by atoms with van der Waals surface area (Å²) in [5, 5.41) is 24.6. The minimum atomic E-state index is -1.06. The van der Waals surface area contributed by atoms with Crippen molar-refractivity contribution in [3.05, 3.63) is 36.2 Å². The molecule has 8 nitrogen and oxygen atoms in total. The normalized spacial score (nSPS) is 10.7. The summed E-state index contributed by atoms with van der Waals surface area (Å²) < 4.78 is 1.31. The molecule has 3 rings (SSSR count). The highest BCUT2D eigenvalue weighted by atomic mass is 32.2. The van der Waals surface area contributed by atoms with E-state index in [0.29, 0.717) is 10.7 Å². The summed E-state index contributed by atoms with van der Waals surface area (Å²) >= 11 is 1.31. The minimum absolute atomic E-state index is 0.00602. The van der Waals surface area contributed by atoms with Crippen LogP contribution in [0, 0.1) is 0 Å². The molecule has 0 amide bonds. The van der Waals surface area contributed by atoms with E-state index in [9.17, 15) is 4.79 Å². The third-order valence-electron chi connectivity index (χ3n) is 2.22. The van der Waals surface area contributed by atoms with E-state index in [2.05, 4.69) is 25.6 Å².